The van der Waals surface area contributed by atoms with Crippen molar-refractivity contribution >= 4 is 22.8 Å². The smallest absolute Gasteiger partial charge is 0.159 e. The fourth-order valence-corrected chi connectivity index (χ4v) is 2.63. The van der Waals surface area contributed by atoms with Crippen molar-refractivity contribution in [2.75, 3.05) is 0 Å². The van der Waals surface area contributed by atoms with Gasteiger partial charge in [-0.25, -0.2) is 4.98 Å². The summed E-state index contributed by atoms with van der Waals surface area (Å²) in [6, 6.07) is 5.89. The summed E-state index contributed by atoms with van der Waals surface area (Å²) in [5.74, 6) is 0.850. The Balaban J connectivity index is 2.18. The van der Waals surface area contributed by atoms with Gasteiger partial charge in [-0.1, -0.05) is 6.07 Å². The van der Waals surface area contributed by atoms with Crippen LogP contribution in [0.4, 0.5) is 0 Å². The van der Waals surface area contributed by atoms with Gasteiger partial charge >= 0.3 is 0 Å². The first-order chi connectivity index (χ1) is 9.58. The van der Waals surface area contributed by atoms with Gasteiger partial charge in [0.05, 0.1) is 23.3 Å². The number of pyridine rings is 1. The van der Waals surface area contributed by atoms with Gasteiger partial charge in [-0.05, 0) is 26.0 Å². The summed E-state index contributed by atoms with van der Waals surface area (Å²) < 4.78 is 3.94. The molecule has 20 heavy (non-hydrogen) atoms. The Kier molecular flexibility index (Phi) is 3.22. The summed E-state index contributed by atoms with van der Waals surface area (Å²) in [5.41, 5.74) is 3.78. The largest absolute Gasteiger partial charge is 0.306 e. The summed E-state index contributed by atoms with van der Waals surface area (Å²) in [6.07, 6.45) is 1.79. The molecular weight excluding hydrogens is 274 g/mol. The maximum Gasteiger partial charge on any atom is 0.159 e. The summed E-state index contributed by atoms with van der Waals surface area (Å²) in [4.78, 5) is 9.02. The highest BCUT2D eigenvalue weighted by molar-refractivity contribution is 6.20. The van der Waals surface area contributed by atoms with E-state index in [-0.39, 0.29) is 5.38 Å². The molecule has 0 saturated carbocycles. The number of halogens is 1. The summed E-state index contributed by atoms with van der Waals surface area (Å²) >= 11 is 6.27. The number of imidazole rings is 1. The minimum absolute atomic E-state index is 0.162. The van der Waals surface area contributed by atoms with Crippen LogP contribution in [-0.4, -0.2) is 24.3 Å². The van der Waals surface area contributed by atoms with E-state index in [1.54, 1.807) is 6.20 Å². The van der Waals surface area contributed by atoms with Crippen molar-refractivity contribution in [3.05, 3.63) is 41.6 Å². The van der Waals surface area contributed by atoms with Crippen LogP contribution in [-0.2, 0) is 13.6 Å². The highest BCUT2D eigenvalue weighted by Gasteiger charge is 2.20. The fourth-order valence-electron chi connectivity index (χ4n) is 2.46. The van der Waals surface area contributed by atoms with E-state index in [9.17, 15) is 0 Å². The van der Waals surface area contributed by atoms with Crippen molar-refractivity contribution in [1.82, 2.24) is 24.3 Å². The van der Waals surface area contributed by atoms with Crippen LogP contribution in [0, 0.1) is 6.92 Å². The molecule has 0 aromatic carbocycles. The zero-order chi connectivity index (χ0) is 14.3. The first kappa shape index (κ1) is 13.1. The van der Waals surface area contributed by atoms with Crippen molar-refractivity contribution in [2.45, 2.75) is 25.8 Å². The average molecular weight is 290 g/mol. The van der Waals surface area contributed by atoms with Crippen molar-refractivity contribution in [1.29, 1.82) is 0 Å². The molecule has 3 heterocycles. The highest BCUT2D eigenvalue weighted by atomic mass is 35.5. The predicted molar refractivity (Wildman–Crippen MR) is 78.8 cm³/mol. The molecule has 6 heteroatoms. The van der Waals surface area contributed by atoms with Crippen LogP contribution in [0.25, 0.3) is 11.2 Å². The van der Waals surface area contributed by atoms with Gasteiger partial charge in [0.1, 0.15) is 11.3 Å². The molecule has 104 valence electrons. The van der Waals surface area contributed by atoms with Gasteiger partial charge in [0.15, 0.2) is 5.65 Å². The number of nitrogens with zero attached hydrogens (tertiary/aromatic N) is 5. The van der Waals surface area contributed by atoms with Gasteiger partial charge in [-0.2, -0.15) is 5.10 Å². The van der Waals surface area contributed by atoms with Gasteiger partial charge in [0.25, 0.3) is 0 Å². The number of alkyl halides is 1. The lowest BCUT2D eigenvalue weighted by atomic mass is 10.3. The Morgan fingerprint density at radius 1 is 1.35 bits per heavy atom. The number of aryl methyl sites for hydroxylation is 2. The third kappa shape index (κ3) is 2.08. The van der Waals surface area contributed by atoms with Crippen molar-refractivity contribution in [3.63, 3.8) is 0 Å². The lowest BCUT2D eigenvalue weighted by molar-refractivity contribution is 0.678. The minimum Gasteiger partial charge on any atom is -0.306 e. The quantitative estimate of drug-likeness (QED) is 0.697. The Hall–Kier alpha value is -1.88. The molecule has 0 aliphatic carbocycles. The van der Waals surface area contributed by atoms with Crippen LogP contribution < -0.4 is 0 Å². The van der Waals surface area contributed by atoms with E-state index in [1.807, 2.05) is 43.8 Å². The van der Waals surface area contributed by atoms with Crippen LogP contribution in [0.1, 0.15) is 29.5 Å². The van der Waals surface area contributed by atoms with Crippen molar-refractivity contribution < 1.29 is 0 Å². The first-order valence-corrected chi connectivity index (χ1v) is 6.95. The number of aromatic nitrogens is 5. The Labute approximate surface area is 122 Å². The monoisotopic (exact) mass is 289 g/mol. The van der Waals surface area contributed by atoms with E-state index < -0.39 is 0 Å². The highest BCUT2D eigenvalue weighted by Crippen LogP contribution is 2.26. The molecule has 1 atom stereocenters. The lowest BCUT2D eigenvalue weighted by Gasteiger charge is -2.10. The first-order valence-electron chi connectivity index (χ1n) is 6.51. The summed E-state index contributed by atoms with van der Waals surface area (Å²) in [5, 5.41) is 4.26. The second-order valence-corrected chi connectivity index (χ2v) is 5.53. The van der Waals surface area contributed by atoms with Gasteiger partial charge in [-0.15, -0.1) is 11.6 Å². The van der Waals surface area contributed by atoms with Crippen LogP contribution in [0.5, 0.6) is 0 Å². The van der Waals surface area contributed by atoms with Crippen LogP contribution in [0.2, 0.25) is 0 Å². The molecule has 0 bridgehead atoms. The van der Waals surface area contributed by atoms with E-state index in [1.165, 1.54) is 0 Å². The number of hydrogen-bond acceptors (Lipinski definition) is 3. The van der Waals surface area contributed by atoms with Gasteiger partial charge in [0, 0.05) is 13.2 Å². The van der Waals surface area contributed by atoms with Crippen LogP contribution in [0.3, 0.4) is 0 Å². The lowest BCUT2D eigenvalue weighted by Crippen LogP contribution is -2.09. The second-order valence-electron chi connectivity index (χ2n) is 4.87. The number of rotatable bonds is 3. The van der Waals surface area contributed by atoms with Gasteiger partial charge < -0.3 is 4.57 Å². The second kappa shape index (κ2) is 4.90. The van der Waals surface area contributed by atoms with E-state index in [0.29, 0.717) is 6.54 Å². The molecule has 3 aromatic heterocycles. The van der Waals surface area contributed by atoms with Gasteiger partial charge in [0.2, 0.25) is 0 Å². The summed E-state index contributed by atoms with van der Waals surface area (Å²) in [6.45, 7) is 4.53. The molecule has 5 nitrogen and oxygen atoms in total. The maximum absolute atomic E-state index is 6.27. The van der Waals surface area contributed by atoms with E-state index in [0.717, 1.165) is 28.4 Å². The summed E-state index contributed by atoms with van der Waals surface area (Å²) in [7, 11) is 1.93. The Morgan fingerprint density at radius 2 is 2.15 bits per heavy atom. The molecule has 0 aliphatic heterocycles. The van der Waals surface area contributed by atoms with E-state index >= 15 is 0 Å². The number of fused-ring (bicyclic) bond motifs is 1. The molecule has 3 rings (SSSR count). The molecule has 0 saturated heterocycles. The molecule has 0 amide bonds. The molecule has 0 fully saturated rings. The molecule has 0 N–H and O–H groups in total. The Bertz CT molecular complexity index is 742. The third-order valence-corrected chi connectivity index (χ3v) is 3.52. The zero-order valence-corrected chi connectivity index (χ0v) is 12.5. The van der Waals surface area contributed by atoms with Crippen LogP contribution >= 0.6 is 11.6 Å². The maximum atomic E-state index is 6.27. The SMILES string of the molecule is Cc1nn(C)c2c1nc(C(C)Cl)n2Cc1ccccn1. The molecule has 0 aliphatic rings. The Morgan fingerprint density at radius 3 is 2.80 bits per heavy atom. The molecule has 0 spiro atoms. The predicted octanol–water partition coefficient (Wildman–Crippen LogP) is 2.82. The molecule has 1 unspecified atom stereocenters. The molecule has 3 aromatic rings. The van der Waals surface area contributed by atoms with Crippen molar-refractivity contribution in [3.8, 4) is 0 Å². The minimum atomic E-state index is -0.162. The molecule has 0 radical (unpaired) electrons. The average Bonchev–Trinajstić information content (AvgIpc) is 2.91. The van der Waals surface area contributed by atoms with Gasteiger partial charge in [-0.3, -0.25) is 9.67 Å². The zero-order valence-electron chi connectivity index (χ0n) is 11.7. The molecular formula is C14H16ClN5. The fraction of sp³-hybridized carbons (Fsp3) is 0.357. The van der Waals surface area contributed by atoms with Crippen molar-refractivity contribution in [2.24, 2.45) is 7.05 Å². The van der Waals surface area contributed by atoms with E-state index in [2.05, 4.69) is 19.6 Å². The van der Waals surface area contributed by atoms with Crippen LogP contribution in [0.15, 0.2) is 24.4 Å². The number of hydrogen-bond donors (Lipinski definition) is 0. The van der Waals surface area contributed by atoms with E-state index in [4.69, 9.17) is 11.6 Å². The third-order valence-electron chi connectivity index (χ3n) is 3.32. The standard InChI is InChI=1S/C14H16ClN5/c1-9(15)13-17-12-10(2)18-19(3)14(12)20(13)8-11-6-4-5-7-16-11/h4-7,9H,8H2,1-3H3. The topological polar surface area (TPSA) is 48.5 Å². The normalized spacial score (nSPS) is 13.0.